The van der Waals surface area contributed by atoms with Gasteiger partial charge >= 0.3 is 18.2 Å². The van der Waals surface area contributed by atoms with Crippen LogP contribution >= 0.6 is 69.6 Å². The van der Waals surface area contributed by atoms with E-state index in [0.29, 0.717) is 11.1 Å². The summed E-state index contributed by atoms with van der Waals surface area (Å²) in [5, 5.41) is 5.53. The maximum Gasteiger partial charge on any atom is 0.407 e. The second kappa shape index (κ2) is 28.6. The molecule has 4 aromatic rings. The molecule has 0 bridgehead atoms. The van der Waals surface area contributed by atoms with Crippen molar-refractivity contribution in [2.24, 2.45) is 0 Å². The fourth-order valence-corrected chi connectivity index (χ4v) is 8.54. The molecule has 0 spiro atoms. The number of alkyl halides is 6. The molecule has 2 N–H and O–H groups in total. The van der Waals surface area contributed by atoms with E-state index in [9.17, 15) is 14.4 Å². The Morgan fingerprint density at radius 1 is 0.653 bits per heavy atom. The first kappa shape index (κ1) is 58.7. The molecule has 23 heteroatoms. The molecule has 75 heavy (non-hydrogen) atoms. The summed E-state index contributed by atoms with van der Waals surface area (Å²) >= 11 is 36.0. The highest BCUT2D eigenvalue weighted by Crippen LogP contribution is 2.39. The van der Waals surface area contributed by atoms with Crippen LogP contribution in [0.3, 0.4) is 0 Å². The summed E-state index contributed by atoms with van der Waals surface area (Å²) in [4.78, 5) is 41.6. The Labute approximate surface area is 464 Å². The lowest BCUT2D eigenvalue weighted by molar-refractivity contribution is -0.371. The van der Waals surface area contributed by atoms with Gasteiger partial charge in [-0.05, 0) is 23.6 Å². The summed E-state index contributed by atoms with van der Waals surface area (Å²) in [6, 6.07) is 34.1. The molecule has 406 valence electrons. The van der Waals surface area contributed by atoms with Gasteiger partial charge in [0.1, 0.15) is 68.5 Å². The van der Waals surface area contributed by atoms with E-state index in [2.05, 4.69) is 17.2 Å². The molecule has 3 fully saturated rings. The van der Waals surface area contributed by atoms with Crippen LogP contribution in [0.15, 0.2) is 134 Å². The number of alkyl carbamates (subject to hydrolysis) is 2. The number of carbonyl (C=O) groups is 3. The summed E-state index contributed by atoms with van der Waals surface area (Å²) in [7, 11) is 0. The minimum atomic E-state index is -2.00. The van der Waals surface area contributed by atoms with Crippen molar-refractivity contribution in [1.29, 1.82) is 0 Å². The van der Waals surface area contributed by atoms with E-state index >= 15 is 0 Å². The molecule has 7 rings (SSSR count). The van der Waals surface area contributed by atoms with Crippen LogP contribution in [0, 0.1) is 0 Å². The number of hydrogen-bond donors (Lipinski definition) is 2. The van der Waals surface area contributed by atoms with Gasteiger partial charge < -0.3 is 67.5 Å². The minimum Gasteiger partial charge on any atom is -0.459 e. The summed E-state index contributed by atoms with van der Waals surface area (Å²) < 4.78 is 71.7. The van der Waals surface area contributed by atoms with Gasteiger partial charge in [0, 0.05) is 5.56 Å². The Balaban J connectivity index is 1.30. The van der Waals surface area contributed by atoms with Crippen molar-refractivity contribution in [3.05, 3.63) is 156 Å². The summed E-state index contributed by atoms with van der Waals surface area (Å²) in [6.07, 6.45) is -12.9. The maximum atomic E-state index is 13.9. The number of nitrogens with one attached hydrogen (secondary N) is 2. The number of halogens is 6. The average Bonchev–Trinajstić information content (AvgIpc) is 3.40. The van der Waals surface area contributed by atoms with Gasteiger partial charge in [0.05, 0.1) is 33.0 Å². The first-order valence-corrected chi connectivity index (χ1v) is 25.9. The highest BCUT2D eigenvalue weighted by atomic mass is 35.6. The minimum absolute atomic E-state index is 0.0184. The fraction of sp³-hybridized carbons (Fsp3) is 0.442. The Morgan fingerprint density at radius 2 is 1.19 bits per heavy atom. The number of carbonyl (C=O) groups excluding carboxylic acids is 3. The van der Waals surface area contributed by atoms with Crippen LogP contribution in [-0.2, 0) is 81.5 Å². The Kier molecular flexibility index (Phi) is 22.4. The molecular weight excluding hydrogens is 1110 g/mol. The zero-order chi connectivity index (χ0) is 53.4. The van der Waals surface area contributed by atoms with Crippen molar-refractivity contribution >= 4 is 87.8 Å². The quantitative estimate of drug-likeness (QED) is 0.0328. The van der Waals surface area contributed by atoms with Crippen molar-refractivity contribution in [1.82, 2.24) is 10.6 Å². The van der Waals surface area contributed by atoms with Gasteiger partial charge in [0.2, 0.25) is 7.59 Å². The summed E-state index contributed by atoms with van der Waals surface area (Å²) in [5.74, 6) is -0.783. The number of hydrogen-bond acceptors (Lipinski definition) is 15. The molecular formula is C52H56Cl6N2O15. The number of amides is 2. The van der Waals surface area contributed by atoms with Gasteiger partial charge in [-0.15, -0.1) is 6.58 Å². The molecule has 2 amide bonds. The lowest BCUT2D eigenvalue weighted by Crippen LogP contribution is -2.71. The molecule has 3 aliphatic rings. The van der Waals surface area contributed by atoms with Gasteiger partial charge in [-0.1, -0.05) is 197 Å². The smallest absolute Gasteiger partial charge is 0.407 e. The molecule has 4 aromatic carbocycles. The number of fused-ring (bicyclic) bond motifs is 1. The molecule has 0 aliphatic carbocycles. The molecule has 3 saturated heterocycles. The van der Waals surface area contributed by atoms with E-state index in [1.807, 2.05) is 97.1 Å². The number of ether oxygens (including phenoxy) is 12. The van der Waals surface area contributed by atoms with Gasteiger partial charge in [-0.25, -0.2) is 14.4 Å². The zero-order valence-corrected chi connectivity index (χ0v) is 44.8. The van der Waals surface area contributed by atoms with Crippen molar-refractivity contribution in [3.8, 4) is 0 Å². The Morgan fingerprint density at radius 3 is 1.75 bits per heavy atom. The maximum absolute atomic E-state index is 13.9. The summed E-state index contributed by atoms with van der Waals surface area (Å²) in [6.45, 7) is 3.59. The number of rotatable bonds is 22. The average molecular weight is 1160 g/mol. The molecule has 17 nitrogen and oxygen atoms in total. The molecule has 0 aromatic heterocycles. The van der Waals surface area contributed by atoms with Crippen molar-refractivity contribution in [3.63, 3.8) is 0 Å². The summed E-state index contributed by atoms with van der Waals surface area (Å²) in [5.41, 5.74) is 3.02. The second-order valence-corrected chi connectivity index (χ2v) is 22.3. The van der Waals surface area contributed by atoms with Gasteiger partial charge in [0.25, 0.3) is 0 Å². The third-order valence-corrected chi connectivity index (χ3v) is 12.3. The van der Waals surface area contributed by atoms with Crippen LogP contribution in [-0.4, -0.2) is 126 Å². The van der Waals surface area contributed by atoms with E-state index in [1.165, 1.54) is 13.0 Å². The van der Waals surface area contributed by atoms with Gasteiger partial charge in [0.15, 0.2) is 25.0 Å². The van der Waals surface area contributed by atoms with Crippen LogP contribution in [0.4, 0.5) is 9.59 Å². The first-order valence-electron chi connectivity index (χ1n) is 23.7. The monoisotopic (exact) mass is 1160 g/mol. The van der Waals surface area contributed by atoms with E-state index in [4.69, 9.17) is 126 Å². The van der Waals surface area contributed by atoms with Crippen molar-refractivity contribution in [2.75, 3.05) is 33.0 Å². The fourth-order valence-electron chi connectivity index (χ4n) is 8.22. The highest BCUT2D eigenvalue weighted by molar-refractivity contribution is 6.68. The molecule has 0 saturated carbocycles. The third-order valence-electron chi connectivity index (χ3n) is 11.6. The predicted octanol–water partition coefficient (Wildman–Crippen LogP) is 9.39. The predicted molar refractivity (Wildman–Crippen MR) is 277 cm³/mol. The molecule has 3 heterocycles. The van der Waals surface area contributed by atoms with Crippen molar-refractivity contribution < 1.29 is 71.2 Å². The lowest BCUT2D eigenvalue weighted by atomic mass is 9.93. The molecule has 0 radical (unpaired) electrons. The number of benzene rings is 4. The van der Waals surface area contributed by atoms with E-state index in [0.717, 1.165) is 11.1 Å². The van der Waals surface area contributed by atoms with Crippen LogP contribution in [0.2, 0.25) is 0 Å². The lowest BCUT2D eigenvalue weighted by Gasteiger charge is -2.52. The van der Waals surface area contributed by atoms with Crippen LogP contribution in [0.5, 0.6) is 0 Å². The van der Waals surface area contributed by atoms with E-state index in [1.54, 1.807) is 24.3 Å². The van der Waals surface area contributed by atoms with Crippen LogP contribution in [0.1, 0.15) is 35.5 Å². The normalized spacial score (nSPS) is 26.2. The third kappa shape index (κ3) is 18.3. The Hall–Kier alpha value is -3.99. The first-order chi connectivity index (χ1) is 36.0. The SMILES string of the molecule is C=CCOC1O[C@H](COCc2ccccc2)[C@@H](O[C@@H]2O[C@@H]3COC(c4ccccc4)O[C@H]3[C@H](OCc3ccccc3)[C@H]2NC(=O)OCC(Cl)(Cl)Cl)[C@H](OC(C)C(=O)OCc2ccccc2)[C@H]1NC(=O)OCC(Cl)(Cl)Cl. The van der Waals surface area contributed by atoms with Crippen molar-refractivity contribution in [2.45, 2.75) is 108 Å². The Bertz CT molecular complexity index is 2400. The van der Waals surface area contributed by atoms with Gasteiger partial charge in [-0.2, -0.15) is 0 Å². The van der Waals surface area contributed by atoms with E-state index < -0.39 is 113 Å². The second-order valence-electron chi connectivity index (χ2n) is 17.3. The van der Waals surface area contributed by atoms with E-state index in [-0.39, 0.29) is 39.6 Å². The standard InChI is InChI=1S/C52H56Cl6N2O15/c1-3-24-65-47-40(60-50(63)70-31-52(56,57)58)44(71-32(2)45(61)67-27-35-20-12-6-13-21-35)42(37(72-47)28-64-25-33-16-8-4-9-17-33)75-48-39(59-49(62)69-30-51(53,54)55)43(66-26-34-18-10-5-11-19-34)41-38(73-48)29-68-46(74-41)36-22-14-7-15-23-36/h3-23,32,37-44,46-48H,1,24-31H2,2H3,(H,59,62)(H,60,63)/t32?,37-,38-,39-,40-,41-,42-,43-,44-,46?,47?,48+/m1/s1. The molecule has 12 atom stereocenters. The van der Waals surface area contributed by atoms with Crippen LogP contribution < -0.4 is 10.6 Å². The number of esters is 1. The van der Waals surface area contributed by atoms with Gasteiger partial charge in [-0.3, -0.25) is 0 Å². The molecule has 3 aliphatic heterocycles. The largest absolute Gasteiger partial charge is 0.459 e. The van der Waals surface area contributed by atoms with Crippen LogP contribution in [0.25, 0.3) is 0 Å². The highest BCUT2D eigenvalue weighted by Gasteiger charge is 2.56. The topological polar surface area (TPSA) is 186 Å². The molecule has 3 unspecified atom stereocenters. The zero-order valence-electron chi connectivity index (χ0n) is 40.3.